The van der Waals surface area contributed by atoms with Crippen molar-refractivity contribution in [3.05, 3.63) is 0 Å². The maximum Gasteiger partial charge on any atom is -0.0386 e. The van der Waals surface area contributed by atoms with E-state index < -0.39 is 0 Å². The largest absolute Gasteiger partial charge is 0.0683 e. The monoisotopic (exact) mass is 352 g/mol. The molecule has 0 N–H and O–H groups in total. The Hall–Kier alpha value is 0. The molecule has 0 radical (unpaired) electrons. The second-order valence-corrected chi connectivity index (χ2v) is 7.82. The Morgan fingerprint density at radius 2 is 0.440 bits per heavy atom. The molecule has 0 saturated heterocycles. The fourth-order valence-electron chi connectivity index (χ4n) is 5.54. The summed E-state index contributed by atoms with van der Waals surface area (Å²) in [5, 5.41) is 0. The Labute approximate surface area is 161 Å². The van der Waals surface area contributed by atoms with Crippen molar-refractivity contribution in [2.24, 2.45) is 23.7 Å². The van der Waals surface area contributed by atoms with Gasteiger partial charge in [-0.25, -0.2) is 0 Å². The van der Waals surface area contributed by atoms with Gasteiger partial charge in [-0.05, 0) is 23.7 Å². The molecule has 4 fully saturated rings. The molecule has 152 valence electrons. The Morgan fingerprint density at radius 3 is 0.640 bits per heavy atom. The third-order valence-corrected chi connectivity index (χ3v) is 6.68. The van der Waals surface area contributed by atoms with Crippen LogP contribution in [-0.4, -0.2) is 0 Å². The zero-order valence-corrected chi connectivity index (χ0v) is 18.9. The van der Waals surface area contributed by atoms with Crippen molar-refractivity contribution >= 4 is 0 Å². The van der Waals surface area contributed by atoms with Crippen molar-refractivity contribution in [2.75, 3.05) is 0 Å². The first-order valence-electron chi connectivity index (χ1n) is 12.4. The first-order chi connectivity index (χ1) is 12.4. The minimum absolute atomic E-state index is 1.16. The van der Waals surface area contributed by atoms with E-state index in [1.54, 1.807) is 51.4 Å². The molecule has 0 heteroatoms. The Bertz CT molecular complexity index is 219. The zero-order valence-electron chi connectivity index (χ0n) is 18.9. The molecule has 0 amide bonds. The maximum absolute atomic E-state index is 2.00. The minimum Gasteiger partial charge on any atom is -0.0683 e. The van der Waals surface area contributed by atoms with E-state index in [4.69, 9.17) is 0 Å². The lowest BCUT2D eigenvalue weighted by Crippen LogP contribution is -2.22. The van der Waals surface area contributed by atoms with E-state index in [0.717, 1.165) is 11.8 Å². The number of rotatable bonds is 0. The molecule has 0 aliphatic heterocycles. The van der Waals surface area contributed by atoms with Gasteiger partial charge < -0.3 is 0 Å². The van der Waals surface area contributed by atoms with E-state index in [1.807, 2.05) is 41.5 Å². The summed E-state index contributed by atoms with van der Waals surface area (Å²) in [7, 11) is 0. The lowest BCUT2D eigenvalue weighted by molar-refractivity contribution is 0.171. The zero-order chi connectivity index (χ0) is 18.9. The van der Waals surface area contributed by atoms with Crippen LogP contribution in [0.1, 0.15) is 138 Å². The molecule has 2 unspecified atom stereocenters. The van der Waals surface area contributed by atoms with Gasteiger partial charge in [0, 0.05) is 0 Å². The number of hydrogen-bond acceptors (Lipinski definition) is 0. The van der Waals surface area contributed by atoms with Gasteiger partial charge in [-0.15, -0.1) is 0 Å². The maximum atomic E-state index is 2.00. The van der Waals surface area contributed by atoms with E-state index in [0.29, 0.717) is 0 Å². The predicted molar refractivity (Wildman–Crippen MR) is 117 cm³/mol. The van der Waals surface area contributed by atoms with E-state index in [2.05, 4.69) is 0 Å². The summed E-state index contributed by atoms with van der Waals surface area (Å²) in [6.45, 7) is 12.0. The summed E-state index contributed by atoms with van der Waals surface area (Å²) < 4.78 is 0. The van der Waals surface area contributed by atoms with E-state index >= 15 is 0 Å². The molecule has 0 spiro atoms. The van der Waals surface area contributed by atoms with Crippen LogP contribution in [0.4, 0.5) is 0 Å². The molecule has 4 aliphatic carbocycles. The Balaban J connectivity index is 0.000000357. The fraction of sp³-hybridized carbons (Fsp3) is 1.00. The van der Waals surface area contributed by atoms with Crippen LogP contribution in [0.25, 0.3) is 0 Å². The van der Waals surface area contributed by atoms with Crippen molar-refractivity contribution < 1.29 is 0 Å². The molecule has 4 rings (SSSR count). The molecule has 0 aromatic heterocycles. The smallest absolute Gasteiger partial charge is 0.0386 e. The van der Waals surface area contributed by atoms with Crippen molar-refractivity contribution in [3.63, 3.8) is 0 Å². The molecule has 0 heterocycles. The van der Waals surface area contributed by atoms with Crippen LogP contribution < -0.4 is 0 Å². The van der Waals surface area contributed by atoms with Gasteiger partial charge in [0.2, 0.25) is 0 Å². The van der Waals surface area contributed by atoms with Gasteiger partial charge in [0.25, 0.3) is 0 Å². The number of hydrogen-bond donors (Lipinski definition) is 0. The summed E-state index contributed by atoms with van der Waals surface area (Å²) in [4.78, 5) is 0. The molecule has 4 saturated carbocycles. The van der Waals surface area contributed by atoms with Crippen LogP contribution in [-0.2, 0) is 0 Å². The molecule has 0 bridgehead atoms. The lowest BCUT2D eigenvalue weighted by Gasteiger charge is -2.35. The Morgan fingerprint density at radius 1 is 0.280 bits per heavy atom. The Kier molecular flexibility index (Phi) is 17.4. The van der Waals surface area contributed by atoms with Crippen LogP contribution >= 0.6 is 0 Å². The minimum atomic E-state index is 1.16. The molecular weight excluding hydrogens is 300 g/mol. The molecule has 25 heavy (non-hydrogen) atoms. The van der Waals surface area contributed by atoms with E-state index in [-0.39, 0.29) is 0 Å². The summed E-state index contributed by atoms with van der Waals surface area (Å²) in [6, 6.07) is 0. The highest BCUT2D eigenvalue weighted by atomic mass is 14.3. The summed E-state index contributed by atoms with van der Waals surface area (Å²) in [5.74, 6) is 4.64. The first-order valence-corrected chi connectivity index (χ1v) is 12.4. The average molecular weight is 353 g/mol. The molecule has 2 atom stereocenters. The van der Waals surface area contributed by atoms with E-state index in [1.165, 1.54) is 56.8 Å². The van der Waals surface area contributed by atoms with Crippen LogP contribution in [0.2, 0.25) is 0 Å². The lowest BCUT2D eigenvalue weighted by atomic mass is 9.71. The van der Waals surface area contributed by atoms with Gasteiger partial charge in [0.05, 0.1) is 0 Å². The van der Waals surface area contributed by atoms with E-state index in [9.17, 15) is 0 Å². The summed E-state index contributed by atoms with van der Waals surface area (Å²) in [6.07, 6.45) is 23.2. The standard InChI is InChI=1S/C10H18.C9H16.3C2H6/c1-2-6-10-8-4-3-7-9(10)5-1;1-2-5-9-7-3-6-8(9)4-1;3*1-2/h9-10H,1-8H2;8-9H,1-7H2;3*1-2H3. The third kappa shape index (κ3) is 9.48. The van der Waals surface area contributed by atoms with Crippen molar-refractivity contribution in [1.29, 1.82) is 0 Å². The highest BCUT2D eigenvalue weighted by molar-refractivity contribution is 4.80. The van der Waals surface area contributed by atoms with Crippen molar-refractivity contribution in [1.82, 2.24) is 0 Å². The van der Waals surface area contributed by atoms with Gasteiger partial charge in [-0.2, -0.15) is 0 Å². The van der Waals surface area contributed by atoms with Crippen LogP contribution in [0.15, 0.2) is 0 Å². The van der Waals surface area contributed by atoms with Crippen LogP contribution in [0.3, 0.4) is 0 Å². The van der Waals surface area contributed by atoms with Gasteiger partial charge >= 0.3 is 0 Å². The molecule has 0 aromatic carbocycles. The SMILES string of the molecule is C1CCC2CCCC2C1.C1CCC2CCCCC2C1.CC.CC.CC. The molecule has 0 nitrogen and oxygen atoms in total. The van der Waals surface area contributed by atoms with Gasteiger partial charge in [-0.3, -0.25) is 0 Å². The van der Waals surface area contributed by atoms with Gasteiger partial charge in [0.15, 0.2) is 0 Å². The molecular formula is C25H52. The predicted octanol–water partition coefficient (Wildman–Crippen LogP) is 9.42. The molecule has 4 aliphatic rings. The third-order valence-electron chi connectivity index (χ3n) is 6.68. The normalized spacial score (nSPS) is 32.4. The topological polar surface area (TPSA) is 0 Å². The highest BCUT2D eigenvalue weighted by Crippen LogP contribution is 2.42. The first kappa shape index (κ1) is 25.0. The second kappa shape index (κ2) is 17.4. The second-order valence-electron chi connectivity index (χ2n) is 7.82. The van der Waals surface area contributed by atoms with Gasteiger partial charge in [-0.1, -0.05) is 138 Å². The van der Waals surface area contributed by atoms with Crippen molar-refractivity contribution in [2.45, 2.75) is 138 Å². The quantitative estimate of drug-likeness (QED) is 0.407. The number of fused-ring (bicyclic) bond motifs is 2. The van der Waals surface area contributed by atoms with Gasteiger partial charge in [0.1, 0.15) is 0 Å². The highest BCUT2D eigenvalue weighted by Gasteiger charge is 2.29. The molecule has 0 aromatic rings. The van der Waals surface area contributed by atoms with Crippen LogP contribution in [0, 0.1) is 23.7 Å². The van der Waals surface area contributed by atoms with Crippen LogP contribution in [0.5, 0.6) is 0 Å². The summed E-state index contributed by atoms with van der Waals surface area (Å²) in [5.41, 5.74) is 0. The van der Waals surface area contributed by atoms with Crippen molar-refractivity contribution in [3.8, 4) is 0 Å². The fourth-order valence-corrected chi connectivity index (χ4v) is 5.54. The average Bonchev–Trinajstić information content (AvgIpc) is 3.22. The summed E-state index contributed by atoms with van der Waals surface area (Å²) >= 11 is 0.